The van der Waals surface area contributed by atoms with Crippen LogP contribution in [-0.4, -0.2) is 28.8 Å². The Balaban J connectivity index is 1.26. The van der Waals surface area contributed by atoms with Crippen LogP contribution >= 0.6 is 0 Å². The van der Waals surface area contributed by atoms with Gasteiger partial charge >= 0.3 is 0 Å². The molecule has 0 N–H and O–H groups in total. The third-order valence-corrected chi connectivity index (χ3v) is 15.0. The topological polar surface area (TPSA) is 21.8 Å². The van der Waals surface area contributed by atoms with Crippen LogP contribution in [0.5, 0.6) is 0 Å². The fraction of sp³-hybridized carbons (Fsp3) is 0.500. The van der Waals surface area contributed by atoms with E-state index in [4.69, 9.17) is 8.85 Å². The Bertz CT molecular complexity index is 1050. The van der Waals surface area contributed by atoms with Crippen molar-refractivity contribution in [2.45, 2.75) is 82.6 Å². The maximum Gasteiger partial charge on any atom is 0.173 e. The Hall–Kier alpha value is -1.47. The van der Waals surface area contributed by atoms with Gasteiger partial charge in [0.15, 0.2) is 16.6 Å². The van der Waals surface area contributed by atoms with Gasteiger partial charge in [-0.3, -0.25) is 0 Å². The number of hydrogen-bond acceptors (Lipinski definition) is 2. The van der Waals surface area contributed by atoms with Crippen LogP contribution in [0.4, 0.5) is 0 Å². The van der Waals surface area contributed by atoms with E-state index in [1.807, 2.05) is 0 Å². The molecule has 1 saturated carbocycles. The Morgan fingerprint density at radius 2 is 1.44 bits per heavy atom. The number of hydrogen-bond donors (Lipinski definition) is 0. The second kappa shape index (κ2) is 8.71. The number of fused-ring (bicyclic) bond motifs is 3. The van der Waals surface area contributed by atoms with Crippen LogP contribution < -0.4 is 0 Å². The largest absolute Gasteiger partial charge is 0.455 e. The fourth-order valence-corrected chi connectivity index (χ4v) is 14.7. The van der Waals surface area contributed by atoms with Crippen molar-refractivity contribution >= 4 is 38.2 Å². The molecule has 0 spiro atoms. The average Bonchev–Trinajstić information content (AvgIpc) is 3.53. The van der Waals surface area contributed by atoms with Crippen LogP contribution in [0.15, 0.2) is 54.6 Å². The molecule has 0 radical (unpaired) electrons. The standard InChI is InChI=1S/C28H38O2Si2/c1-31(2,17-15-21-13-14-27-28(19-21)29-27)30-32(3,4)18-16-26-24-11-7-5-9-22(24)20-23-10-6-8-12-25(23)26/h5-12,20-21,27-28H,13-19H2,1-4H3. The second-order valence-electron chi connectivity index (χ2n) is 11.3. The summed E-state index contributed by atoms with van der Waals surface area (Å²) in [5.41, 5.74) is 1.50. The zero-order valence-corrected chi connectivity index (χ0v) is 22.2. The molecule has 0 amide bonds. The van der Waals surface area contributed by atoms with Gasteiger partial charge in [-0.25, -0.2) is 0 Å². The maximum atomic E-state index is 7.05. The van der Waals surface area contributed by atoms with Crippen LogP contribution in [0.2, 0.25) is 38.3 Å². The summed E-state index contributed by atoms with van der Waals surface area (Å²) < 4.78 is 12.8. The van der Waals surface area contributed by atoms with Gasteiger partial charge in [0.1, 0.15) is 0 Å². The van der Waals surface area contributed by atoms with Gasteiger partial charge in [0.25, 0.3) is 0 Å². The van der Waals surface area contributed by atoms with Crippen molar-refractivity contribution in [3.63, 3.8) is 0 Å². The van der Waals surface area contributed by atoms with Crippen molar-refractivity contribution in [1.29, 1.82) is 0 Å². The molecule has 32 heavy (non-hydrogen) atoms. The second-order valence-corrected chi connectivity index (χ2v) is 20.2. The minimum absolute atomic E-state index is 0.598. The van der Waals surface area contributed by atoms with E-state index in [1.54, 1.807) is 0 Å². The molecule has 1 aliphatic carbocycles. The van der Waals surface area contributed by atoms with E-state index in [-0.39, 0.29) is 0 Å². The molecule has 1 saturated heterocycles. The van der Waals surface area contributed by atoms with E-state index in [9.17, 15) is 0 Å². The normalized spacial score (nSPS) is 23.4. The van der Waals surface area contributed by atoms with Gasteiger partial charge in [-0.1, -0.05) is 55.0 Å². The monoisotopic (exact) mass is 462 g/mol. The molecule has 5 rings (SSSR count). The Kier molecular flexibility index (Phi) is 6.08. The van der Waals surface area contributed by atoms with Crippen LogP contribution in [-0.2, 0) is 15.3 Å². The predicted molar refractivity (Wildman–Crippen MR) is 141 cm³/mol. The average molecular weight is 463 g/mol. The fourth-order valence-electron chi connectivity index (χ4n) is 5.95. The third-order valence-electron chi connectivity index (χ3n) is 7.68. The summed E-state index contributed by atoms with van der Waals surface area (Å²) in [5, 5.41) is 5.52. The van der Waals surface area contributed by atoms with Crippen molar-refractivity contribution < 1.29 is 8.85 Å². The molecule has 0 aromatic heterocycles. The Morgan fingerprint density at radius 3 is 2.09 bits per heavy atom. The summed E-state index contributed by atoms with van der Waals surface area (Å²) >= 11 is 0. The summed E-state index contributed by atoms with van der Waals surface area (Å²) in [7, 11) is -3.41. The van der Waals surface area contributed by atoms with E-state index < -0.39 is 16.6 Å². The number of aryl methyl sites for hydroxylation is 1. The summed E-state index contributed by atoms with van der Waals surface area (Å²) in [5.74, 6) is 0.862. The number of ether oxygens (including phenoxy) is 1. The minimum Gasteiger partial charge on any atom is -0.455 e. The molecule has 0 bridgehead atoms. The molecule has 4 heteroatoms. The molecule has 3 aromatic carbocycles. The Morgan fingerprint density at radius 1 is 0.812 bits per heavy atom. The molecule has 3 atom stereocenters. The van der Waals surface area contributed by atoms with Crippen LogP contribution in [0.1, 0.15) is 31.2 Å². The van der Waals surface area contributed by atoms with Gasteiger partial charge in [-0.15, -0.1) is 0 Å². The first-order valence-corrected chi connectivity index (χ1v) is 18.8. The summed E-state index contributed by atoms with van der Waals surface area (Å²) in [6, 6.07) is 22.6. The highest BCUT2D eigenvalue weighted by Gasteiger charge is 2.44. The summed E-state index contributed by atoms with van der Waals surface area (Å²) in [4.78, 5) is 0. The SMILES string of the molecule is C[Si](C)(CCc1c2ccccc2cc2ccccc12)O[Si](C)(C)CCC1CCC2OC2C1. The molecular weight excluding hydrogens is 424 g/mol. The first-order valence-electron chi connectivity index (χ1n) is 12.5. The zero-order valence-electron chi connectivity index (χ0n) is 20.2. The molecule has 170 valence electrons. The zero-order chi connectivity index (χ0) is 22.3. The highest BCUT2D eigenvalue weighted by atomic mass is 28.4. The van der Waals surface area contributed by atoms with Gasteiger partial charge in [-0.2, -0.15) is 0 Å². The van der Waals surface area contributed by atoms with Crippen LogP contribution in [0.25, 0.3) is 21.5 Å². The van der Waals surface area contributed by atoms with Crippen molar-refractivity contribution in [3.05, 3.63) is 60.2 Å². The first kappa shape index (κ1) is 22.3. The van der Waals surface area contributed by atoms with E-state index in [1.165, 1.54) is 64.9 Å². The number of epoxide rings is 1. The molecule has 2 fully saturated rings. The van der Waals surface area contributed by atoms with Gasteiger partial charge in [0.2, 0.25) is 0 Å². The van der Waals surface area contributed by atoms with Crippen molar-refractivity contribution in [2.24, 2.45) is 5.92 Å². The Labute approximate surface area is 195 Å². The third kappa shape index (κ3) is 5.04. The quantitative estimate of drug-likeness (QED) is 0.193. The van der Waals surface area contributed by atoms with Crippen molar-refractivity contribution in [2.75, 3.05) is 0 Å². The van der Waals surface area contributed by atoms with Gasteiger partial charge in [0, 0.05) is 0 Å². The van der Waals surface area contributed by atoms with Gasteiger partial charge < -0.3 is 8.85 Å². The van der Waals surface area contributed by atoms with Crippen LogP contribution in [0.3, 0.4) is 0 Å². The van der Waals surface area contributed by atoms with E-state index in [2.05, 4.69) is 80.8 Å². The molecular formula is C28H38O2Si2. The molecule has 2 aliphatic rings. The summed E-state index contributed by atoms with van der Waals surface area (Å²) in [6.07, 6.45) is 7.60. The lowest BCUT2D eigenvalue weighted by atomic mass is 9.88. The minimum atomic E-state index is -1.75. The van der Waals surface area contributed by atoms with Gasteiger partial charge in [0.05, 0.1) is 12.2 Å². The lowest BCUT2D eigenvalue weighted by molar-refractivity contribution is 0.355. The van der Waals surface area contributed by atoms with E-state index >= 15 is 0 Å². The molecule has 3 aromatic rings. The first-order chi connectivity index (χ1) is 15.3. The summed E-state index contributed by atoms with van der Waals surface area (Å²) in [6.45, 7) is 9.79. The highest BCUT2D eigenvalue weighted by Crippen LogP contribution is 2.42. The number of benzene rings is 3. The van der Waals surface area contributed by atoms with Gasteiger partial charge in [-0.05, 0) is 103 Å². The number of rotatable bonds is 8. The van der Waals surface area contributed by atoms with E-state index in [0.717, 1.165) is 12.3 Å². The van der Waals surface area contributed by atoms with Crippen molar-refractivity contribution in [1.82, 2.24) is 0 Å². The predicted octanol–water partition coefficient (Wildman–Crippen LogP) is 7.92. The lowest BCUT2D eigenvalue weighted by Crippen LogP contribution is -2.44. The van der Waals surface area contributed by atoms with Crippen LogP contribution in [0, 0.1) is 5.92 Å². The maximum absolute atomic E-state index is 7.05. The molecule has 2 nitrogen and oxygen atoms in total. The lowest BCUT2D eigenvalue weighted by Gasteiger charge is -2.35. The molecule has 1 aliphatic heterocycles. The molecule has 3 unspecified atom stereocenters. The smallest absolute Gasteiger partial charge is 0.173 e. The van der Waals surface area contributed by atoms with E-state index in [0.29, 0.717) is 12.2 Å². The van der Waals surface area contributed by atoms with Crippen molar-refractivity contribution in [3.8, 4) is 0 Å². The molecule has 1 heterocycles. The highest BCUT2D eigenvalue weighted by molar-refractivity contribution is 6.84.